The van der Waals surface area contributed by atoms with E-state index >= 15 is 0 Å². The highest BCUT2D eigenvalue weighted by molar-refractivity contribution is 5.92. The second-order valence-electron chi connectivity index (χ2n) is 5.69. The molecule has 0 aliphatic heterocycles. The van der Waals surface area contributed by atoms with Gasteiger partial charge in [0.05, 0.1) is 12.2 Å². The smallest absolute Gasteiger partial charge is 0.238 e. The molecule has 1 atom stereocenters. The van der Waals surface area contributed by atoms with Crippen molar-refractivity contribution in [3.8, 4) is 0 Å². The summed E-state index contributed by atoms with van der Waals surface area (Å²) in [6.07, 6.45) is 0. The molecule has 0 aromatic heterocycles. The summed E-state index contributed by atoms with van der Waals surface area (Å²) in [4.78, 5) is 12.0. The van der Waals surface area contributed by atoms with Crippen LogP contribution in [-0.2, 0) is 4.79 Å². The fourth-order valence-corrected chi connectivity index (χ4v) is 2.39. The van der Waals surface area contributed by atoms with Gasteiger partial charge in [0.25, 0.3) is 0 Å². The highest BCUT2D eigenvalue weighted by Gasteiger charge is 2.16. The largest absolute Gasteiger partial charge is 0.322 e. The molecule has 0 radical (unpaired) electrons. The third-order valence-electron chi connectivity index (χ3n) is 3.51. The van der Waals surface area contributed by atoms with Crippen molar-refractivity contribution in [2.45, 2.75) is 19.9 Å². The van der Waals surface area contributed by atoms with Crippen LogP contribution in [-0.4, -0.2) is 12.5 Å². The van der Waals surface area contributed by atoms with E-state index in [1.165, 1.54) is 6.07 Å². The average Bonchev–Trinajstić information content (AvgIpc) is 2.51. The van der Waals surface area contributed by atoms with Gasteiger partial charge in [-0.3, -0.25) is 4.79 Å². The van der Waals surface area contributed by atoms with Crippen LogP contribution in [0.25, 0.3) is 0 Å². The van der Waals surface area contributed by atoms with E-state index in [1.54, 1.807) is 0 Å². The summed E-state index contributed by atoms with van der Waals surface area (Å²) in [5.74, 6) is -1.56. The van der Waals surface area contributed by atoms with E-state index in [0.29, 0.717) is 0 Å². The molecule has 23 heavy (non-hydrogen) atoms. The minimum absolute atomic E-state index is 0.0139. The van der Waals surface area contributed by atoms with E-state index in [0.717, 1.165) is 17.7 Å². The van der Waals surface area contributed by atoms with Crippen molar-refractivity contribution in [2.24, 2.45) is 5.92 Å². The van der Waals surface area contributed by atoms with E-state index in [4.69, 9.17) is 0 Å². The van der Waals surface area contributed by atoms with Gasteiger partial charge >= 0.3 is 0 Å². The molecule has 0 spiro atoms. The van der Waals surface area contributed by atoms with Crippen molar-refractivity contribution < 1.29 is 13.6 Å². The summed E-state index contributed by atoms with van der Waals surface area (Å²) in [5.41, 5.74) is 1.06. The van der Waals surface area contributed by atoms with Crippen LogP contribution in [0.3, 0.4) is 0 Å². The van der Waals surface area contributed by atoms with Gasteiger partial charge < -0.3 is 10.6 Å². The quantitative estimate of drug-likeness (QED) is 0.848. The Labute approximate surface area is 134 Å². The van der Waals surface area contributed by atoms with Crippen LogP contribution in [0.5, 0.6) is 0 Å². The molecular weight excluding hydrogens is 298 g/mol. The van der Waals surface area contributed by atoms with Crippen LogP contribution in [0, 0.1) is 17.6 Å². The van der Waals surface area contributed by atoms with Crippen LogP contribution >= 0.6 is 0 Å². The van der Waals surface area contributed by atoms with Crippen molar-refractivity contribution in [1.29, 1.82) is 0 Å². The van der Waals surface area contributed by atoms with Gasteiger partial charge in [-0.25, -0.2) is 8.78 Å². The summed E-state index contributed by atoms with van der Waals surface area (Å²) in [6.45, 7) is 4.15. The molecule has 0 fully saturated rings. The minimum Gasteiger partial charge on any atom is -0.322 e. The lowest BCUT2D eigenvalue weighted by molar-refractivity contribution is -0.115. The maximum absolute atomic E-state index is 13.5. The monoisotopic (exact) mass is 318 g/mol. The molecule has 0 heterocycles. The number of hydrogen-bond acceptors (Lipinski definition) is 2. The Kier molecular flexibility index (Phi) is 5.82. The highest BCUT2D eigenvalue weighted by atomic mass is 19.1. The summed E-state index contributed by atoms with van der Waals surface area (Å²) >= 11 is 0. The van der Waals surface area contributed by atoms with Gasteiger partial charge in [-0.05, 0) is 23.6 Å². The third-order valence-corrected chi connectivity index (χ3v) is 3.51. The Hall–Kier alpha value is -2.27. The first-order valence-corrected chi connectivity index (χ1v) is 7.50. The van der Waals surface area contributed by atoms with Crippen LogP contribution in [0.2, 0.25) is 0 Å². The third kappa shape index (κ3) is 4.86. The van der Waals surface area contributed by atoms with E-state index < -0.39 is 11.6 Å². The molecule has 2 rings (SSSR count). The van der Waals surface area contributed by atoms with Crippen LogP contribution in [0.1, 0.15) is 25.5 Å². The SMILES string of the molecule is CC(C)C(NCC(=O)Nc1ccc(F)cc1F)c1ccccc1. The highest BCUT2D eigenvalue weighted by Crippen LogP contribution is 2.21. The zero-order valence-electron chi connectivity index (χ0n) is 13.1. The number of amides is 1. The molecule has 122 valence electrons. The summed E-state index contributed by atoms with van der Waals surface area (Å²) < 4.78 is 26.4. The lowest BCUT2D eigenvalue weighted by Crippen LogP contribution is -2.33. The topological polar surface area (TPSA) is 41.1 Å². The van der Waals surface area contributed by atoms with E-state index in [1.807, 2.05) is 30.3 Å². The molecule has 1 unspecified atom stereocenters. The number of nitrogens with one attached hydrogen (secondary N) is 2. The number of carbonyl (C=O) groups is 1. The molecule has 2 aromatic carbocycles. The van der Waals surface area contributed by atoms with Crippen molar-refractivity contribution in [3.63, 3.8) is 0 Å². The van der Waals surface area contributed by atoms with Crippen LogP contribution < -0.4 is 10.6 Å². The predicted octanol–water partition coefficient (Wildman–Crippen LogP) is 3.89. The van der Waals surface area contributed by atoms with Gasteiger partial charge in [0.1, 0.15) is 11.6 Å². The van der Waals surface area contributed by atoms with Crippen molar-refractivity contribution in [3.05, 3.63) is 65.7 Å². The first kappa shape index (κ1) is 17.1. The first-order valence-electron chi connectivity index (χ1n) is 7.50. The van der Waals surface area contributed by atoms with Crippen molar-refractivity contribution in [2.75, 3.05) is 11.9 Å². The maximum atomic E-state index is 13.5. The van der Waals surface area contributed by atoms with Gasteiger partial charge in [-0.15, -0.1) is 0 Å². The fourth-order valence-electron chi connectivity index (χ4n) is 2.39. The van der Waals surface area contributed by atoms with Crippen LogP contribution in [0.15, 0.2) is 48.5 Å². The number of anilines is 1. The molecule has 2 aromatic rings. The van der Waals surface area contributed by atoms with Crippen molar-refractivity contribution >= 4 is 11.6 Å². The van der Waals surface area contributed by atoms with Gasteiger partial charge in [-0.1, -0.05) is 44.2 Å². The van der Waals surface area contributed by atoms with Gasteiger partial charge in [0, 0.05) is 12.1 Å². The Morgan fingerprint density at radius 2 is 1.78 bits per heavy atom. The molecule has 0 bridgehead atoms. The van der Waals surface area contributed by atoms with E-state index in [9.17, 15) is 13.6 Å². The Morgan fingerprint density at radius 3 is 2.39 bits per heavy atom. The molecule has 1 amide bonds. The standard InChI is InChI=1S/C18H20F2N2O/c1-12(2)18(13-6-4-3-5-7-13)21-11-17(23)22-16-9-8-14(19)10-15(16)20/h3-10,12,18,21H,11H2,1-2H3,(H,22,23). The Bertz CT molecular complexity index is 659. The first-order chi connectivity index (χ1) is 11.0. The summed E-state index contributed by atoms with van der Waals surface area (Å²) in [7, 11) is 0. The normalized spacial score (nSPS) is 12.2. The van der Waals surface area contributed by atoms with E-state index in [-0.39, 0.29) is 30.1 Å². The second-order valence-corrected chi connectivity index (χ2v) is 5.69. The molecule has 0 saturated carbocycles. The summed E-state index contributed by atoms with van der Waals surface area (Å²) in [6, 6.07) is 12.9. The number of rotatable bonds is 6. The predicted molar refractivity (Wildman–Crippen MR) is 87.0 cm³/mol. The number of hydrogen-bond donors (Lipinski definition) is 2. The Morgan fingerprint density at radius 1 is 1.09 bits per heavy atom. The summed E-state index contributed by atoms with van der Waals surface area (Å²) in [5, 5.41) is 5.62. The molecule has 0 aliphatic carbocycles. The lowest BCUT2D eigenvalue weighted by atomic mass is 9.96. The average molecular weight is 318 g/mol. The minimum atomic E-state index is -0.790. The second kappa shape index (κ2) is 7.83. The van der Waals surface area contributed by atoms with Crippen LogP contribution in [0.4, 0.5) is 14.5 Å². The number of benzene rings is 2. The number of halogens is 2. The molecule has 0 saturated heterocycles. The molecule has 0 aliphatic rings. The number of carbonyl (C=O) groups excluding carboxylic acids is 1. The zero-order chi connectivity index (χ0) is 16.8. The lowest BCUT2D eigenvalue weighted by Gasteiger charge is -2.22. The molecular formula is C18H20F2N2O. The molecule has 2 N–H and O–H groups in total. The van der Waals surface area contributed by atoms with E-state index in [2.05, 4.69) is 24.5 Å². The molecule has 5 heteroatoms. The molecule has 3 nitrogen and oxygen atoms in total. The maximum Gasteiger partial charge on any atom is 0.238 e. The fraction of sp³-hybridized carbons (Fsp3) is 0.278. The van der Waals surface area contributed by atoms with Gasteiger partial charge in [0.15, 0.2) is 0 Å². The van der Waals surface area contributed by atoms with Gasteiger partial charge in [-0.2, -0.15) is 0 Å². The van der Waals surface area contributed by atoms with Gasteiger partial charge in [0.2, 0.25) is 5.91 Å². The van der Waals surface area contributed by atoms with Crippen molar-refractivity contribution in [1.82, 2.24) is 5.32 Å². The zero-order valence-corrected chi connectivity index (χ0v) is 13.1. The Balaban J connectivity index is 1.97.